The van der Waals surface area contributed by atoms with Gasteiger partial charge in [0.1, 0.15) is 0 Å². The van der Waals surface area contributed by atoms with Crippen LogP contribution in [0, 0.1) is 0 Å². The van der Waals surface area contributed by atoms with Gasteiger partial charge in [0.05, 0.1) is 6.10 Å². The monoisotopic (exact) mass is 565 g/mol. The molecule has 5 atom stereocenters. The zero-order chi connectivity index (χ0) is 27.8. The number of aliphatic carboxylic acids is 1. The summed E-state index contributed by atoms with van der Waals surface area (Å²) in [6.07, 6.45) is 20.2. The highest BCUT2D eigenvalue weighted by atomic mass is 32.2. The number of hydrogen-bond acceptors (Lipinski definition) is 6. The van der Waals surface area contributed by atoms with Gasteiger partial charge >= 0.3 is 19.8 Å². The number of ether oxygens (including phenoxy) is 2. The van der Waals surface area contributed by atoms with Crippen LogP contribution in [0.15, 0.2) is 0 Å². The standard InChI is InChI=1S/C29H57O6PS/c1-5-8-10-12-14-15-16-17-19-21-24-37-26(22-20-18-13-11-9-6-2)25(4)35-28(34-23-7-3)29(32,36-33)27(30)31/h25-26,28,32H,5-24H2,1-4H3,(H,30,31)/p+1. The highest BCUT2D eigenvalue weighted by molar-refractivity contribution is 7.99. The Morgan fingerprint density at radius 1 is 0.811 bits per heavy atom. The second-order valence-corrected chi connectivity index (χ2v) is 12.7. The van der Waals surface area contributed by atoms with Crippen molar-refractivity contribution in [1.29, 1.82) is 0 Å². The third-order valence-electron chi connectivity index (χ3n) is 6.83. The first-order chi connectivity index (χ1) is 17.9. The SMILES string of the molecule is CCCCCCCCCCCCSC(CCCCCCCC)C(C)OC(OCCC)C(O)([PH+]=O)C(=O)O. The number of carboxylic acids is 1. The van der Waals surface area contributed by atoms with Crippen molar-refractivity contribution in [3.05, 3.63) is 0 Å². The Labute approximate surface area is 233 Å². The van der Waals surface area contributed by atoms with Crippen molar-refractivity contribution in [3.63, 3.8) is 0 Å². The smallest absolute Gasteiger partial charge is 0.407 e. The minimum Gasteiger partial charge on any atom is -0.476 e. The second-order valence-electron chi connectivity index (χ2n) is 10.4. The molecular weight excluding hydrogens is 507 g/mol. The summed E-state index contributed by atoms with van der Waals surface area (Å²) in [6, 6.07) is 0. The number of aliphatic hydroxyl groups is 1. The minimum atomic E-state index is -2.56. The molecule has 0 aliphatic carbocycles. The van der Waals surface area contributed by atoms with Gasteiger partial charge in [-0.1, -0.05) is 122 Å². The maximum atomic E-state index is 11.7. The highest BCUT2D eigenvalue weighted by Crippen LogP contribution is 2.32. The molecule has 0 heterocycles. The lowest BCUT2D eigenvalue weighted by atomic mass is 10.1. The summed E-state index contributed by atoms with van der Waals surface area (Å²) in [5.41, 5.74) is 0. The van der Waals surface area contributed by atoms with Crippen molar-refractivity contribution in [1.82, 2.24) is 0 Å². The van der Waals surface area contributed by atoms with E-state index in [4.69, 9.17) is 9.47 Å². The molecule has 0 fully saturated rings. The van der Waals surface area contributed by atoms with E-state index in [1.54, 1.807) is 0 Å². The van der Waals surface area contributed by atoms with E-state index in [1.807, 2.05) is 25.6 Å². The predicted molar refractivity (Wildman–Crippen MR) is 158 cm³/mol. The van der Waals surface area contributed by atoms with Crippen LogP contribution in [0.3, 0.4) is 0 Å². The summed E-state index contributed by atoms with van der Waals surface area (Å²) in [4.78, 5) is 11.7. The van der Waals surface area contributed by atoms with Crippen molar-refractivity contribution in [2.24, 2.45) is 0 Å². The molecule has 0 rings (SSSR count). The van der Waals surface area contributed by atoms with Gasteiger partial charge in [-0.05, 0) is 31.9 Å². The maximum Gasteiger partial charge on any atom is 0.407 e. The van der Waals surface area contributed by atoms with Crippen LogP contribution >= 0.6 is 20.2 Å². The van der Waals surface area contributed by atoms with Gasteiger partial charge in [-0.2, -0.15) is 11.8 Å². The van der Waals surface area contributed by atoms with Crippen LogP contribution in [0.25, 0.3) is 0 Å². The third kappa shape index (κ3) is 17.9. The van der Waals surface area contributed by atoms with Crippen molar-refractivity contribution < 1.29 is 29.0 Å². The summed E-state index contributed by atoms with van der Waals surface area (Å²) in [5, 5.41) is 17.6. The first-order valence-electron chi connectivity index (χ1n) is 15.1. The Hall–Kier alpha value is -0.200. The van der Waals surface area contributed by atoms with Gasteiger partial charge in [0, 0.05) is 11.9 Å². The minimum absolute atomic E-state index is 0.172. The Morgan fingerprint density at radius 3 is 1.76 bits per heavy atom. The molecule has 0 aromatic heterocycles. The van der Waals surface area contributed by atoms with Gasteiger partial charge in [-0.3, -0.25) is 0 Å². The number of carbonyl (C=O) groups is 1. The Morgan fingerprint density at radius 2 is 1.30 bits per heavy atom. The quantitative estimate of drug-likeness (QED) is 0.0556. The lowest BCUT2D eigenvalue weighted by Crippen LogP contribution is -2.50. The Bertz CT molecular complexity index is 552. The van der Waals surface area contributed by atoms with Crippen molar-refractivity contribution in [2.75, 3.05) is 12.4 Å². The first kappa shape index (κ1) is 36.8. The average Bonchev–Trinajstić information content (AvgIpc) is 2.89. The summed E-state index contributed by atoms with van der Waals surface area (Å²) in [7, 11) is -1.48. The fourth-order valence-corrected chi connectivity index (χ4v) is 6.04. The summed E-state index contributed by atoms with van der Waals surface area (Å²) >= 11 is 1.88. The Kier molecular flexibility index (Phi) is 24.7. The van der Waals surface area contributed by atoms with Crippen molar-refractivity contribution in [3.8, 4) is 0 Å². The molecule has 0 aliphatic rings. The molecule has 0 saturated heterocycles. The molecule has 0 aromatic rings. The number of rotatable bonds is 28. The molecule has 2 N–H and O–H groups in total. The van der Waals surface area contributed by atoms with E-state index in [9.17, 15) is 19.6 Å². The number of hydrogen-bond donors (Lipinski definition) is 2. The molecule has 220 valence electrons. The van der Waals surface area contributed by atoms with Crippen LogP contribution in [-0.2, 0) is 18.8 Å². The van der Waals surface area contributed by atoms with Gasteiger partial charge in [-0.25, -0.2) is 4.79 Å². The zero-order valence-electron chi connectivity index (χ0n) is 24.3. The molecule has 5 unspecified atom stereocenters. The lowest BCUT2D eigenvalue weighted by Gasteiger charge is -2.30. The lowest BCUT2D eigenvalue weighted by molar-refractivity contribution is -0.230. The van der Waals surface area contributed by atoms with Gasteiger partial charge in [0.15, 0.2) is 0 Å². The molecule has 0 radical (unpaired) electrons. The first-order valence-corrected chi connectivity index (χ1v) is 17.1. The summed E-state index contributed by atoms with van der Waals surface area (Å²) in [5.74, 6) is -0.544. The molecule has 37 heavy (non-hydrogen) atoms. The van der Waals surface area contributed by atoms with Crippen molar-refractivity contribution in [2.45, 2.75) is 166 Å². The molecule has 6 nitrogen and oxygen atoms in total. The van der Waals surface area contributed by atoms with Crippen LogP contribution in [0.4, 0.5) is 0 Å². The predicted octanol–water partition coefficient (Wildman–Crippen LogP) is 8.71. The van der Waals surface area contributed by atoms with Crippen LogP contribution in [-0.4, -0.2) is 51.5 Å². The number of carboxylic acid groups (broad SMARTS) is 1. The Balaban J connectivity index is 4.77. The molecule has 0 spiro atoms. The van der Waals surface area contributed by atoms with E-state index >= 15 is 0 Å². The topological polar surface area (TPSA) is 93.1 Å². The van der Waals surface area contributed by atoms with Gasteiger partial charge in [-0.15, -0.1) is 0 Å². The van der Waals surface area contributed by atoms with E-state index in [0.29, 0.717) is 6.42 Å². The van der Waals surface area contributed by atoms with Crippen LogP contribution in [0.5, 0.6) is 0 Å². The number of thioether (sulfide) groups is 1. The van der Waals surface area contributed by atoms with E-state index < -0.39 is 26.1 Å². The molecule has 0 amide bonds. The van der Waals surface area contributed by atoms with E-state index in [-0.39, 0.29) is 18.0 Å². The van der Waals surface area contributed by atoms with Crippen molar-refractivity contribution >= 4 is 26.2 Å². The van der Waals surface area contributed by atoms with Crippen LogP contribution < -0.4 is 0 Å². The summed E-state index contributed by atoms with van der Waals surface area (Å²) in [6.45, 7) is 8.52. The van der Waals surface area contributed by atoms with Gasteiger partial charge in [0.25, 0.3) is 0 Å². The van der Waals surface area contributed by atoms with E-state index in [0.717, 1.165) is 25.0 Å². The van der Waals surface area contributed by atoms with Crippen LogP contribution in [0.2, 0.25) is 0 Å². The average molecular weight is 566 g/mol. The molecule has 0 aliphatic heterocycles. The highest BCUT2D eigenvalue weighted by Gasteiger charge is 2.56. The fraction of sp³-hybridized carbons (Fsp3) is 0.966. The normalized spacial score (nSPS) is 15.9. The van der Waals surface area contributed by atoms with Gasteiger partial charge in [0.2, 0.25) is 6.29 Å². The largest absolute Gasteiger partial charge is 0.476 e. The fourth-order valence-electron chi connectivity index (χ4n) is 4.36. The number of unbranched alkanes of at least 4 members (excludes halogenated alkanes) is 14. The maximum absolute atomic E-state index is 11.7. The summed E-state index contributed by atoms with van der Waals surface area (Å²) < 4.78 is 23.2. The second kappa shape index (κ2) is 24.8. The zero-order valence-corrected chi connectivity index (χ0v) is 26.1. The molecule has 8 heteroatoms. The van der Waals surface area contributed by atoms with Gasteiger partial charge < -0.3 is 19.7 Å². The molecule has 0 saturated carbocycles. The molecular formula is C29H58O6PS+. The van der Waals surface area contributed by atoms with E-state index in [1.165, 1.54) is 89.9 Å². The molecule has 0 bridgehead atoms. The third-order valence-corrected chi connectivity index (χ3v) is 9.16. The van der Waals surface area contributed by atoms with Crippen LogP contribution in [0.1, 0.15) is 143 Å². The van der Waals surface area contributed by atoms with E-state index in [2.05, 4.69) is 13.8 Å². The molecule has 0 aromatic carbocycles.